The van der Waals surface area contributed by atoms with Crippen LogP contribution in [0, 0.1) is 0 Å². The van der Waals surface area contributed by atoms with Gasteiger partial charge in [0, 0.05) is 20.2 Å². The first kappa shape index (κ1) is 54.9. The molecule has 0 rings (SSSR count). The number of nitrogens with two attached hydrogens (primary N) is 1. The minimum atomic E-state index is -0.717. The van der Waals surface area contributed by atoms with E-state index in [1.165, 1.54) is 0 Å². The van der Waals surface area contributed by atoms with Crippen molar-refractivity contribution in [2.45, 2.75) is 58.0 Å². The minimum absolute atomic E-state index is 0.0656. The third kappa shape index (κ3) is 41.8. The summed E-state index contributed by atoms with van der Waals surface area (Å²) in [5.74, 6) is -0.817. The molecule has 338 valence electrons. The SMILES string of the molecule is CCCCNC(=O)C(C)NC(=O)C(N)CCCCNC(=O)COCCOCCOCCOCCOCCOCCOCCOCCOCCOCCOCCOC. The van der Waals surface area contributed by atoms with Crippen LogP contribution in [0.5, 0.6) is 0 Å². The van der Waals surface area contributed by atoms with Gasteiger partial charge in [0.1, 0.15) is 12.6 Å². The molecule has 0 aliphatic carbocycles. The fraction of sp³-hybridized carbons (Fsp3) is 0.921. The van der Waals surface area contributed by atoms with Crippen molar-refractivity contribution in [1.82, 2.24) is 16.0 Å². The summed E-state index contributed by atoms with van der Waals surface area (Å²) in [7, 11) is 1.64. The molecule has 19 nitrogen and oxygen atoms in total. The van der Waals surface area contributed by atoms with Crippen molar-refractivity contribution in [3.8, 4) is 0 Å². The van der Waals surface area contributed by atoms with Crippen LogP contribution >= 0.6 is 0 Å². The van der Waals surface area contributed by atoms with Gasteiger partial charge in [0.2, 0.25) is 17.7 Å². The van der Waals surface area contributed by atoms with Crippen LogP contribution in [0.15, 0.2) is 0 Å². The van der Waals surface area contributed by atoms with Gasteiger partial charge in [-0.3, -0.25) is 14.4 Å². The van der Waals surface area contributed by atoms with E-state index in [2.05, 4.69) is 16.0 Å². The molecule has 0 bridgehead atoms. The number of nitrogens with one attached hydrogen (secondary N) is 3. The van der Waals surface area contributed by atoms with Crippen molar-refractivity contribution in [1.29, 1.82) is 0 Å². The number of carbonyl (C=O) groups is 3. The highest BCUT2D eigenvalue weighted by Crippen LogP contribution is 2.00. The molecule has 0 fully saturated rings. The van der Waals surface area contributed by atoms with Crippen LogP contribution in [0.3, 0.4) is 0 Å². The molecule has 3 amide bonds. The molecule has 0 spiro atoms. The van der Waals surface area contributed by atoms with Gasteiger partial charge in [-0.2, -0.15) is 0 Å². The van der Waals surface area contributed by atoms with Crippen molar-refractivity contribution < 1.29 is 71.2 Å². The summed E-state index contributed by atoms with van der Waals surface area (Å²) in [6.45, 7) is 15.1. The fourth-order valence-electron chi connectivity index (χ4n) is 4.33. The zero-order chi connectivity index (χ0) is 41.7. The van der Waals surface area contributed by atoms with Crippen molar-refractivity contribution in [2.24, 2.45) is 5.73 Å². The lowest BCUT2D eigenvalue weighted by Crippen LogP contribution is -2.50. The summed E-state index contributed by atoms with van der Waals surface area (Å²) >= 11 is 0. The molecule has 0 aliphatic rings. The number of ether oxygens (including phenoxy) is 12. The Morgan fingerprint density at radius 3 is 1.19 bits per heavy atom. The van der Waals surface area contributed by atoms with Crippen LogP contribution in [0.25, 0.3) is 0 Å². The fourth-order valence-corrected chi connectivity index (χ4v) is 4.33. The molecule has 57 heavy (non-hydrogen) atoms. The largest absolute Gasteiger partial charge is 0.382 e. The Balaban J connectivity index is 3.29. The van der Waals surface area contributed by atoms with E-state index in [0.29, 0.717) is 171 Å². The quantitative estimate of drug-likeness (QED) is 0.0586. The third-order valence-electron chi connectivity index (χ3n) is 7.57. The molecule has 0 aromatic rings. The number of amides is 3. The van der Waals surface area contributed by atoms with Gasteiger partial charge in [-0.1, -0.05) is 13.3 Å². The minimum Gasteiger partial charge on any atom is -0.382 e. The monoisotopic (exact) mass is 829 g/mol. The van der Waals surface area contributed by atoms with Crippen molar-refractivity contribution in [3.63, 3.8) is 0 Å². The highest BCUT2D eigenvalue weighted by Gasteiger charge is 2.19. The van der Waals surface area contributed by atoms with Gasteiger partial charge in [0.15, 0.2) is 0 Å². The number of hydrogen-bond donors (Lipinski definition) is 4. The predicted molar refractivity (Wildman–Crippen MR) is 211 cm³/mol. The molecule has 0 aromatic heterocycles. The maximum atomic E-state index is 12.2. The lowest BCUT2D eigenvalue weighted by atomic mass is 10.1. The van der Waals surface area contributed by atoms with Gasteiger partial charge < -0.3 is 78.5 Å². The standard InChI is InChI=1S/C38H76N4O15/c1-4-5-9-41-37(44)34(2)42-38(45)35(39)8-6-7-10-40-36(43)33-57-32-31-56-30-29-55-28-27-54-26-25-53-24-23-52-22-21-51-20-19-50-18-17-49-16-15-48-14-13-47-12-11-46-3/h34-35H,4-33,39H2,1-3H3,(H,40,43)(H,41,44)(H,42,45). The first-order valence-electron chi connectivity index (χ1n) is 20.4. The topological polar surface area (TPSA) is 224 Å². The molecule has 0 heterocycles. The molecule has 5 N–H and O–H groups in total. The van der Waals surface area contributed by atoms with E-state index in [1.54, 1.807) is 14.0 Å². The summed E-state index contributed by atoms with van der Waals surface area (Å²) in [6, 6.07) is -1.36. The molecule has 0 radical (unpaired) electrons. The van der Waals surface area contributed by atoms with Gasteiger partial charge >= 0.3 is 0 Å². The molecular formula is C38H76N4O15. The normalized spacial score (nSPS) is 12.4. The molecule has 0 aliphatic heterocycles. The van der Waals surface area contributed by atoms with E-state index in [9.17, 15) is 14.4 Å². The van der Waals surface area contributed by atoms with E-state index < -0.39 is 12.1 Å². The van der Waals surface area contributed by atoms with E-state index in [4.69, 9.17) is 62.6 Å². The molecular weight excluding hydrogens is 752 g/mol. The smallest absolute Gasteiger partial charge is 0.245 e. The zero-order valence-electron chi connectivity index (χ0n) is 35.1. The maximum absolute atomic E-state index is 12.2. The summed E-state index contributed by atoms with van der Waals surface area (Å²) in [5, 5.41) is 8.20. The van der Waals surface area contributed by atoms with Gasteiger partial charge in [0.25, 0.3) is 0 Å². The number of methoxy groups -OCH3 is 1. The van der Waals surface area contributed by atoms with Crippen molar-refractivity contribution in [2.75, 3.05) is 172 Å². The van der Waals surface area contributed by atoms with Gasteiger partial charge in [-0.15, -0.1) is 0 Å². The Labute approximate surface area is 340 Å². The molecule has 0 saturated carbocycles. The van der Waals surface area contributed by atoms with Gasteiger partial charge in [-0.25, -0.2) is 0 Å². The zero-order valence-corrected chi connectivity index (χ0v) is 35.1. The van der Waals surface area contributed by atoms with Crippen LogP contribution in [0.4, 0.5) is 0 Å². The molecule has 2 unspecified atom stereocenters. The second kappa shape index (κ2) is 45.0. The molecule has 2 atom stereocenters. The lowest BCUT2D eigenvalue weighted by Gasteiger charge is -2.17. The Morgan fingerprint density at radius 2 is 0.825 bits per heavy atom. The maximum Gasteiger partial charge on any atom is 0.245 e. The molecule has 0 aromatic carbocycles. The Bertz CT molecular complexity index is 897. The van der Waals surface area contributed by atoms with Crippen LogP contribution in [0.2, 0.25) is 0 Å². The van der Waals surface area contributed by atoms with Gasteiger partial charge in [0.05, 0.1) is 151 Å². The number of carbonyl (C=O) groups excluding carboxylic acids is 3. The molecule has 0 saturated heterocycles. The van der Waals surface area contributed by atoms with E-state index in [1.807, 2.05) is 6.92 Å². The van der Waals surface area contributed by atoms with Crippen molar-refractivity contribution >= 4 is 17.7 Å². The Kier molecular flexibility index (Phi) is 43.3. The number of rotatable bonds is 46. The number of hydrogen-bond acceptors (Lipinski definition) is 16. The highest BCUT2D eigenvalue weighted by atomic mass is 16.6. The average Bonchev–Trinajstić information content (AvgIpc) is 3.20. The second-order valence-electron chi connectivity index (χ2n) is 12.5. The Hall–Kier alpha value is -2.11. The lowest BCUT2D eigenvalue weighted by molar-refractivity contribution is -0.129. The summed E-state index contributed by atoms with van der Waals surface area (Å²) < 4.78 is 64.7. The van der Waals surface area contributed by atoms with E-state index in [-0.39, 0.29) is 30.9 Å². The molecule has 19 heteroatoms. The summed E-state index contributed by atoms with van der Waals surface area (Å²) in [4.78, 5) is 36.2. The summed E-state index contributed by atoms with van der Waals surface area (Å²) in [5.41, 5.74) is 5.95. The van der Waals surface area contributed by atoms with Crippen LogP contribution in [-0.2, 0) is 71.2 Å². The van der Waals surface area contributed by atoms with E-state index >= 15 is 0 Å². The highest BCUT2D eigenvalue weighted by molar-refractivity contribution is 5.89. The van der Waals surface area contributed by atoms with Crippen LogP contribution in [-0.4, -0.2) is 202 Å². The van der Waals surface area contributed by atoms with Gasteiger partial charge in [-0.05, 0) is 32.6 Å². The third-order valence-corrected chi connectivity index (χ3v) is 7.57. The Morgan fingerprint density at radius 1 is 0.474 bits per heavy atom. The average molecular weight is 829 g/mol. The number of unbranched alkanes of at least 4 members (excludes halogenated alkanes) is 2. The predicted octanol–water partition coefficient (Wildman–Crippen LogP) is -0.150. The van der Waals surface area contributed by atoms with Crippen LogP contribution < -0.4 is 21.7 Å². The van der Waals surface area contributed by atoms with Crippen molar-refractivity contribution in [3.05, 3.63) is 0 Å². The first-order valence-corrected chi connectivity index (χ1v) is 20.4. The van der Waals surface area contributed by atoms with E-state index in [0.717, 1.165) is 12.8 Å². The second-order valence-corrected chi connectivity index (χ2v) is 12.5. The van der Waals surface area contributed by atoms with Crippen LogP contribution in [0.1, 0.15) is 46.0 Å². The first-order chi connectivity index (χ1) is 27.9. The summed E-state index contributed by atoms with van der Waals surface area (Å²) in [6.07, 6.45) is 3.63.